The van der Waals surface area contributed by atoms with Crippen LogP contribution in [0.5, 0.6) is 0 Å². The van der Waals surface area contributed by atoms with Crippen LogP contribution >= 0.6 is 12.6 Å². The van der Waals surface area contributed by atoms with Crippen LogP contribution < -0.4 is 5.32 Å². The lowest BCUT2D eigenvalue weighted by atomic mass is 10.1. The lowest BCUT2D eigenvalue weighted by Crippen LogP contribution is -2.38. The van der Waals surface area contributed by atoms with Crippen molar-refractivity contribution in [2.24, 2.45) is 0 Å². The van der Waals surface area contributed by atoms with E-state index >= 15 is 0 Å². The van der Waals surface area contributed by atoms with Gasteiger partial charge in [0, 0.05) is 12.0 Å². The van der Waals surface area contributed by atoms with Gasteiger partial charge >= 0.3 is 0 Å². The van der Waals surface area contributed by atoms with E-state index in [1.54, 1.807) is 7.11 Å². The second-order valence-electron chi connectivity index (χ2n) is 3.97. The molecule has 0 heterocycles. The highest BCUT2D eigenvalue weighted by Gasteiger charge is 2.10. The molecule has 1 amide bonds. The molecule has 17 heavy (non-hydrogen) atoms. The molecule has 1 atom stereocenters. The highest BCUT2D eigenvalue weighted by Crippen LogP contribution is 2.08. The summed E-state index contributed by atoms with van der Waals surface area (Å²) in [5.41, 5.74) is 0.993. The maximum Gasteiger partial charge on any atom is 0.224 e. The molecule has 0 radical (unpaired) electrons. The molecule has 1 unspecified atom stereocenters. The van der Waals surface area contributed by atoms with Crippen molar-refractivity contribution in [2.45, 2.75) is 30.7 Å². The summed E-state index contributed by atoms with van der Waals surface area (Å²) in [5, 5.41) is 2.95. The molecule has 0 saturated heterocycles. The maximum absolute atomic E-state index is 11.8. The van der Waals surface area contributed by atoms with Crippen LogP contribution in [0.3, 0.4) is 0 Å². The summed E-state index contributed by atoms with van der Waals surface area (Å²) < 4.78 is 5.04. The Balaban J connectivity index is 2.46. The highest BCUT2D eigenvalue weighted by atomic mass is 32.1. The lowest BCUT2D eigenvalue weighted by molar-refractivity contribution is -0.121. The smallest absolute Gasteiger partial charge is 0.224 e. The number of carbonyl (C=O) groups is 1. The molecule has 4 heteroatoms. The first kappa shape index (κ1) is 14.1. The number of carbonyl (C=O) groups excluding carboxylic acids is 1. The van der Waals surface area contributed by atoms with Gasteiger partial charge in [0.15, 0.2) is 0 Å². The van der Waals surface area contributed by atoms with E-state index in [1.165, 1.54) is 0 Å². The molecule has 0 bridgehead atoms. The molecule has 1 rings (SSSR count). The van der Waals surface area contributed by atoms with Gasteiger partial charge in [-0.25, -0.2) is 0 Å². The van der Waals surface area contributed by atoms with Crippen molar-refractivity contribution in [3.05, 3.63) is 29.8 Å². The quantitative estimate of drug-likeness (QED) is 0.762. The molecule has 1 aromatic rings. The largest absolute Gasteiger partial charge is 0.383 e. The third kappa shape index (κ3) is 5.24. The minimum atomic E-state index is 0.0285. The number of nitrogens with one attached hydrogen (secondary N) is 1. The predicted molar refractivity (Wildman–Crippen MR) is 71.5 cm³/mol. The van der Waals surface area contributed by atoms with Gasteiger partial charge in [0.2, 0.25) is 5.91 Å². The average molecular weight is 253 g/mol. The van der Waals surface area contributed by atoms with Crippen molar-refractivity contribution < 1.29 is 9.53 Å². The Labute approximate surface area is 108 Å². The van der Waals surface area contributed by atoms with Gasteiger partial charge in [-0.2, -0.15) is 0 Å². The molecule has 3 nitrogen and oxygen atoms in total. The van der Waals surface area contributed by atoms with Crippen molar-refractivity contribution in [1.82, 2.24) is 5.32 Å². The first-order valence-electron chi connectivity index (χ1n) is 5.72. The van der Waals surface area contributed by atoms with Crippen LogP contribution in [-0.4, -0.2) is 25.7 Å². The molecule has 0 spiro atoms. The topological polar surface area (TPSA) is 38.3 Å². The second-order valence-corrected chi connectivity index (χ2v) is 4.49. The van der Waals surface area contributed by atoms with Crippen LogP contribution in [0, 0.1) is 0 Å². The molecule has 1 aromatic carbocycles. The van der Waals surface area contributed by atoms with E-state index in [0.29, 0.717) is 13.0 Å². The summed E-state index contributed by atoms with van der Waals surface area (Å²) in [6, 6.07) is 7.70. The maximum atomic E-state index is 11.8. The van der Waals surface area contributed by atoms with Gasteiger partial charge in [0.25, 0.3) is 0 Å². The molecule has 0 saturated carbocycles. The third-order valence-electron chi connectivity index (χ3n) is 2.53. The van der Waals surface area contributed by atoms with Crippen molar-refractivity contribution in [2.75, 3.05) is 13.7 Å². The zero-order valence-electron chi connectivity index (χ0n) is 10.3. The highest BCUT2D eigenvalue weighted by molar-refractivity contribution is 7.80. The number of benzene rings is 1. The fourth-order valence-electron chi connectivity index (χ4n) is 1.54. The minimum absolute atomic E-state index is 0.0285. The lowest BCUT2D eigenvalue weighted by Gasteiger charge is -2.15. The van der Waals surface area contributed by atoms with Crippen LogP contribution in [0.15, 0.2) is 29.2 Å². The number of hydrogen-bond donors (Lipinski definition) is 2. The van der Waals surface area contributed by atoms with Crippen LogP contribution in [0.4, 0.5) is 0 Å². The van der Waals surface area contributed by atoms with E-state index in [2.05, 4.69) is 17.9 Å². The fourth-order valence-corrected chi connectivity index (χ4v) is 1.69. The van der Waals surface area contributed by atoms with Gasteiger partial charge in [-0.3, -0.25) is 4.79 Å². The van der Waals surface area contributed by atoms with Gasteiger partial charge < -0.3 is 10.1 Å². The van der Waals surface area contributed by atoms with Crippen molar-refractivity contribution in [3.8, 4) is 0 Å². The van der Waals surface area contributed by atoms with Gasteiger partial charge in [-0.15, -0.1) is 12.6 Å². The number of amides is 1. The molecule has 94 valence electrons. The fraction of sp³-hybridized carbons (Fsp3) is 0.462. The average Bonchev–Trinajstić information content (AvgIpc) is 2.31. The first-order valence-corrected chi connectivity index (χ1v) is 6.16. The van der Waals surface area contributed by atoms with Crippen LogP contribution in [0.1, 0.15) is 18.9 Å². The van der Waals surface area contributed by atoms with E-state index in [1.807, 2.05) is 31.2 Å². The van der Waals surface area contributed by atoms with Gasteiger partial charge in [-0.1, -0.05) is 19.1 Å². The monoisotopic (exact) mass is 253 g/mol. The molecule has 0 aliphatic rings. The Kier molecular flexibility index (Phi) is 6.08. The Bertz CT molecular complexity index is 351. The van der Waals surface area contributed by atoms with Crippen LogP contribution in [-0.2, 0) is 16.0 Å². The Morgan fingerprint density at radius 2 is 2.06 bits per heavy atom. The van der Waals surface area contributed by atoms with Crippen molar-refractivity contribution in [3.63, 3.8) is 0 Å². The molecule has 0 aliphatic heterocycles. The summed E-state index contributed by atoms with van der Waals surface area (Å²) in [6.45, 7) is 2.58. The van der Waals surface area contributed by atoms with E-state index in [9.17, 15) is 4.79 Å². The van der Waals surface area contributed by atoms with Crippen LogP contribution in [0.25, 0.3) is 0 Å². The van der Waals surface area contributed by atoms with Crippen LogP contribution in [0.2, 0.25) is 0 Å². The molecule has 0 fully saturated rings. The second kappa shape index (κ2) is 7.35. The minimum Gasteiger partial charge on any atom is -0.383 e. The standard InChI is InChI=1S/C13H19NO2S/c1-3-11(9-16-2)14-13(15)8-10-4-6-12(17)7-5-10/h4-7,11,17H,3,8-9H2,1-2H3,(H,14,15). The number of thiol groups is 1. The number of methoxy groups -OCH3 is 1. The summed E-state index contributed by atoms with van der Waals surface area (Å²) >= 11 is 4.20. The van der Waals surface area contributed by atoms with E-state index in [0.717, 1.165) is 16.9 Å². The summed E-state index contributed by atoms with van der Waals surface area (Å²) in [5.74, 6) is 0.0285. The molecule has 1 N–H and O–H groups in total. The van der Waals surface area contributed by atoms with Crippen molar-refractivity contribution in [1.29, 1.82) is 0 Å². The summed E-state index contributed by atoms with van der Waals surface area (Å²) in [4.78, 5) is 12.7. The van der Waals surface area contributed by atoms with Gasteiger partial charge in [0.05, 0.1) is 19.1 Å². The summed E-state index contributed by atoms with van der Waals surface area (Å²) in [6.07, 6.45) is 1.27. The molecule has 0 aliphatic carbocycles. The van der Waals surface area contributed by atoms with Gasteiger partial charge in [0.1, 0.15) is 0 Å². The third-order valence-corrected chi connectivity index (χ3v) is 2.82. The molecular weight excluding hydrogens is 234 g/mol. The van der Waals surface area contributed by atoms with E-state index in [-0.39, 0.29) is 11.9 Å². The predicted octanol–water partition coefficient (Wildman–Crippen LogP) is 2.06. The SMILES string of the molecule is CCC(COC)NC(=O)Cc1ccc(S)cc1. The van der Waals surface area contributed by atoms with Crippen molar-refractivity contribution >= 4 is 18.5 Å². The van der Waals surface area contributed by atoms with E-state index < -0.39 is 0 Å². The normalized spacial score (nSPS) is 12.2. The zero-order chi connectivity index (χ0) is 12.7. The number of ether oxygens (including phenoxy) is 1. The Morgan fingerprint density at radius 3 is 2.59 bits per heavy atom. The molecular formula is C13H19NO2S. The Hall–Kier alpha value is -1.00. The first-order chi connectivity index (χ1) is 8.15. The van der Waals surface area contributed by atoms with E-state index in [4.69, 9.17) is 4.74 Å². The van der Waals surface area contributed by atoms with Gasteiger partial charge in [-0.05, 0) is 24.1 Å². The number of hydrogen-bond acceptors (Lipinski definition) is 3. The summed E-state index contributed by atoms with van der Waals surface area (Å²) in [7, 11) is 1.64. The zero-order valence-corrected chi connectivity index (χ0v) is 11.2. The molecule has 0 aromatic heterocycles. The number of rotatable bonds is 6. The Morgan fingerprint density at radius 1 is 1.41 bits per heavy atom.